The SMILES string of the molecule is C=C(C)CC(NC)C1(c2ccccc2)CCCC1. The highest BCUT2D eigenvalue weighted by molar-refractivity contribution is 5.30. The second-order valence-electron chi connectivity index (χ2n) is 5.73. The van der Waals surface area contributed by atoms with E-state index in [-0.39, 0.29) is 0 Å². The molecule has 2 rings (SSSR count). The fourth-order valence-electron chi connectivity index (χ4n) is 3.54. The van der Waals surface area contributed by atoms with E-state index in [1.54, 1.807) is 0 Å². The van der Waals surface area contributed by atoms with Gasteiger partial charge in [-0.25, -0.2) is 0 Å². The third-order valence-corrected chi connectivity index (χ3v) is 4.41. The summed E-state index contributed by atoms with van der Waals surface area (Å²) < 4.78 is 0. The van der Waals surface area contributed by atoms with E-state index in [0.717, 1.165) is 6.42 Å². The molecule has 0 saturated heterocycles. The largest absolute Gasteiger partial charge is 0.316 e. The molecule has 1 aromatic rings. The van der Waals surface area contributed by atoms with E-state index < -0.39 is 0 Å². The Morgan fingerprint density at radius 1 is 1.28 bits per heavy atom. The summed E-state index contributed by atoms with van der Waals surface area (Å²) in [6, 6.07) is 11.6. The van der Waals surface area contributed by atoms with Crippen LogP contribution in [0.15, 0.2) is 42.5 Å². The Labute approximate surface area is 111 Å². The van der Waals surface area contributed by atoms with Gasteiger partial charge in [-0.3, -0.25) is 0 Å². The van der Waals surface area contributed by atoms with Crippen LogP contribution in [0.1, 0.15) is 44.6 Å². The summed E-state index contributed by atoms with van der Waals surface area (Å²) in [7, 11) is 2.09. The molecule has 1 atom stereocenters. The van der Waals surface area contributed by atoms with E-state index in [1.807, 2.05) is 0 Å². The Morgan fingerprint density at radius 2 is 1.89 bits per heavy atom. The van der Waals surface area contributed by atoms with Gasteiger partial charge in [0.05, 0.1) is 0 Å². The molecule has 1 aromatic carbocycles. The molecule has 1 N–H and O–H groups in total. The lowest BCUT2D eigenvalue weighted by molar-refractivity contribution is 0.307. The van der Waals surface area contributed by atoms with Crippen molar-refractivity contribution in [2.24, 2.45) is 0 Å². The summed E-state index contributed by atoms with van der Waals surface area (Å²) in [5, 5.41) is 3.55. The van der Waals surface area contributed by atoms with Crippen LogP contribution < -0.4 is 5.32 Å². The Balaban J connectivity index is 2.34. The summed E-state index contributed by atoms with van der Waals surface area (Å²) in [5.41, 5.74) is 3.09. The van der Waals surface area contributed by atoms with E-state index in [0.29, 0.717) is 11.5 Å². The minimum Gasteiger partial charge on any atom is -0.316 e. The first kappa shape index (κ1) is 13.4. The van der Waals surface area contributed by atoms with Gasteiger partial charge in [0.1, 0.15) is 0 Å². The Hall–Kier alpha value is -1.08. The number of nitrogens with one attached hydrogen (secondary N) is 1. The quantitative estimate of drug-likeness (QED) is 0.769. The second kappa shape index (κ2) is 5.71. The van der Waals surface area contributed by atoms with Crippen LogP contribution in [0.3, 0.4) is 0 Å². The predicted octanol–water partition coefficient (Wildman–Crippen LogP) is 4.05. The molecule has 0 aliphatic heterocycles. The Kier molecular flexibility index (Phi) is 4.23. The summed E-state index contributed by atoms with van der Waals surface area (Å²) in [4.78, 5) is 0. The molecule has 1 saturated carbocycles. The maximum Gasteiger partial charge on any atom is 0.0198 e. The number of hydrogen-bond donors (Lipinski definition) is 1. The molecule has 0 amide bonds. The molecule has 0 heterocycles. The first-order valence-electron chi connectivity index (χ1n) is 7.06. The third-order valence-electron chi connectivity index (χ3n) is 4.41. The highest BCUT2D eigenvalue weighted by Gasteiger charge is 2.41. The van der Waals surface area contributed by atoms with Crippen LogP contribution in [0.25, 0.3) is 0 Å². The molecule has 0 aromatic heterocycles. The fourth-order valence-corrected chi connectivity index (χ4v) is 3.54. The van der Waals surface area contributed by atoms with Crippen molar-refractivity contribution in [2.75, 3.05) is 7.05 Å². The fraction of sp³-hybridized carbons (Fsp3) is 0.529. The van der Waals surface area contributed by atoms with Crippen LogP contribution >= 0.6 is 0 Å². The smallest absolute Gasteiger partial charge is 0.0198 e. The molecular formula is C17H25N. The molecule has 98 valence electrons. The summed E-state index contributed by atoms with van der Waals surface area (Å²) in [6.07, 6.45) is 6.38. The predicted molar refractivity (Wildman–Crippen MR) is 78.9 cm³/mol. The molecular weight excluding hydrogens is 218 g/mol. The summed E-state index contributed by atoms with van der Waals surface area (Å²) >= 11 is 0. The van der Waals surface area contributed by atoms with E-state index in [4.69, 9.17) is 0 Å². The van der Waals surface area contributed by atoms with E-state index in [2.05, 4.69) is 56.2 Å². The van der Waals surface area contributed by atoms with Crippen molar-refractivity contribution in [2.45, 2.75) is 50.5 Å². The lowest BCUT2D eigenvalue weighted by Crippen LogP contribution is -2.45. The van der Waals surface area contributed by atoms with Gasteiger partial charge in [0.25, 0.3) is 0 Å². The lowest BCUT2D eigenvalue weighted by Gasteiger charge is -2.38. The van der Waals surface area contributed by atoms with E-state index in [9.17, 15) is 0 Å². The van der Waals surface area contributed by atoms with Crippen molar-refractivity contribution in [1.82, 2.24) is 5.32 Å². The van der Waals surface area contributed by atoms with Crippen LogP contribution in [-0.4, -0.2) is 13.1 Å². The molecule has 1 aliphatic carbocycles. The molecule has 1 nitrogen and oxygen atoms in total. The topological polar surface area (TPSA) is 12.0 Å². The molecule has 18 heavy (non-hydrogen) atoms. The van der Waals surface area contributed by atoms with Gasteiger partial charge in [-0.2, -0.15) is 0 Å². The minimum absolute atomic E-state index is 0.314. The highest BCUT2D eigenvalue weighted by atomic mass is 14.9. The lowest BCUT2D eigenvalue weighted by atomic mass is 9.71. The molecule has 1 unspecified atom stereocenters. The van der Waals surface area contributed by atoms with Crippen molar-refractivity contribution in [3.05, 3.63) is 48.0 Å². The maximum absolute atomic E-state index is 4.10. The van der Waals surface area contributed by atoms with Crippen molar-refractivity contribution in [3.63, 3.8) is 0 Å². The van der Waals surface area contributed by atoms with Crippen LogP contribution in [0.5, 0.6) is 0 Å². The van der Waals surface area contributed by atoms with Crippen LogP contribution in [0, 0.1) is 0 Å². The second-order valence-corrected chi connectivity index (χ2v) is 5.73. The van der Waals surface area contributed by atoms with Crippen LogP contribution in [-0.2, 0) is 5.41 Å². The molecule has 1 heteroatoms. The summed E-state index contributed by atoms with van der Waals surface area (Å²) in [5.74, 6) is 0. The normalized spacial score (nSPS) is 19.7. The zero-order chi connectivity index (χ0) is 13.0. The van der Waals surface area contributed by atoms with Crippen molar-refractivity contribution < 1.29 is 0 Å². The monoisotopic (exact) mass is 243 g/mol. The van der Waals surface area contributed by atoms with Gasteiger partial charge in [0.15, 0.2) is 0 Å². The van der Waals surface area contributed by atoms with Gasteiger partial charge in [0, 0.05) is 11.5 Å². The standard InChI is InChI=1S/C17H25N/c1-14(2)13-16(18-3)17(11-7-8-12-17)15-9-5-4-6-10-15/h4-6,9-10,16,18H,1,7-8,11-13H2,2-3H3. The zero-order valence-corrected chi connectivity index (χ0v) is 11.7. The Bertz CT molecular complexity index is 387. The third kappa shape index (κ3) is 2.51. The van der Waals surface area contributed by atoms with Gasteiger partial charge < -0.3 is 5.32 Å². The molecule has 1 fully saturated rings. The Morgan fingerprint density at radius 3 is 2.39 bits per heavy atom. The molecule has 1 aliphatic rings. The molecule has 0 radical (unpaired) electrons. The highest BCUT2D eigenvalue weighted by Crippen LogP contribution is 2.45. The first-order chi connectivity index (χ1) is 8.69. The maximum atomic E-state index is 4.10. The van der Waals surface area contributed by atoms with E-state index in [1.165, 1.54) is 36.8 Å². The van der Waals surface area contributed by atoms with Crippen molar-refractivity contribution >= 4 is 0 Å². The number of hydrogen-bond acceptors (Lipinski definition) is 1. The van der Waals surface area contributed by atoms with Crippen molar-refractivity contribution in [1.29, 1.82) is 0 Å². The van der Waals surface area contributed by atoms with Crippen molar-refractivity contribution in [3.8, 4) is 0 Å². The van der Waals surface area contributed by atoms with Gasteiger partial charge in [-0.1, -0.05) is 48.7 Å². The average molecular weight is 243 g/mol. The van der Waals surface area contributed by atoms with Gasteiger partial charge in [0.2, 0.25) is 0 Å². The number of rotatable bonds is 5. The van der Waals surface area contributed by atoms with Crippen LogP contribution in [0.2, 0.25) is 0 Å². The van der Waals surface area contributed by atoms with E-state index >= 15 is 0 Å². The van der Waals surface area contributed by atoms with Gasteiger partial charge in [-0.05, 0) is 38.8 Å². The van der Waals surface area contributed by atoms with Gasteiger partial charge in [-0.15, -0.1) is 6.58 Å². The molecule has 0 bridgehead atoms. The first-order valence-corrected chi connectivity index (χ1v) is 7.06. The summed E-state index contributed by atoms with van der Waals surface area (Å²) in [6.45, 7) is 6.24. The number of benzene rings is 1. The number of likely N-dealkylation sites (N-methyl/N-ethyl adjacent to an activating group) is 1. The zero-order valence-electron chi connectivity index (χ0n) is 11.7. The van der Waals surface area contributed by atoms with Gasteiger partial charge >= 0.3 is 0 Å². The van der Waals surface area contributed by atoms with Crippen LogP contribution in [0.4, 0.5) is 0 Å². The minimum atomic E-state index is 0.314. The molecule has 0 spiro atoms. The average Bonchev–Trinajstić information content (AvgIpc) is 2.87.